The fraction of sp³-hybridized carbons (Fsp3) is 0.182. The Hall–Kier alpha value is -3.65. The molecule has 0 aliphatic heterocycles. The normalized spacial score (nSPS) is 11.5. The number of rotatable bonds is 5. The summed E-state index contributed by atoms with van der Waals surface area (Å²) in [6.07, 6.45) is 6.49. The molecule has 5 rings (SSSR count). The number of para-hydroxylation sites is 1. The van der Waals surface area contributed by atoms with Crippen molar-refractivity contribution in [2.75, 3.05) is 5.32 Å². The first-order valence-corrected chi connectivity index (χ1v) is 10.3. The number of fused-ring (bicyclic) bond motifs is 2. The summed E-state index contributed by atoms with van der Waals surface area (Å²) < 4.78 is 0. The number of nitrogens with zero attached hydrogens (tertiary/aromatic N) is 6. The van der Waals surface area contributed by atoms with Crippen LogP contribution in [0.4, 0.5) is 5.82 Å². The van der Waals surface area contributed by atoms with Crippen LogP contribution >= 0.6 is 11.6 Å². The van der Waals surface area contributed by atoms with Crippen LogP contribution < -0.4 is 5.32 Å². The van der Waals surface area contributed by atoms with Gasteiger partial charge in [0, 0.05) is 23.7 Å². The maximum absolute atomic E-state index is 6.46. The van der Waals surface area contributed by atoms with E-state index in [1.807, 2.05) is 24.4 Å². The Kier molecular flexibility index (Phi) is 4.91. The third-order valence-electron chi connectivity index (χ3n) is 5.08. The summed E-state index contributed by atoms with van der Waals surface area (Å²) in [5.74, 6) is 0.866. The molecule has 0 aliphatic rings. The summed E-state index contributed by atoms with van der Waals surface area (Å²) in [7, 11) is 0. The van der Waals surface area contributed by atoms with Gasteiger partial charge in [0.05, 0.1) is 28.3 Å². The highest BCUT2D eigenvalue weighted by molar-refractivity contribution is 6.35. The quantitative estimate of drug-likeness (QED) is 0.414. The van der Waals surface area contributed by atoms with E-state index >= 15 is 0 Å². The van der Waals surface area contributed by atoms with Crippen molar-refractivity contribution in [3.8, 4) is 11.3 Å². The molecule has 5 aromatic rings. The van der Waals surface area contributed by atoms with Crippen LogP contribution in [-0.4, -0.2) is 34.9 Å². The number of anilines is 1. The highest BCUT2D eigenvalue weighted by Crippen LogP contribution is 2.32. The molecule has 0 bridgehead atoms. The molecule has 31 heavy (non-hydrogen) atoms. The van der Waals surface area contributed by atoms with Gasteiger partial charge in [-0.15, -0.1) is 0 Å². The molecule has 2 N–H and O–H groups in total. The Morgan fingerprint density at radius 1 is 1.06 bits per heavy atom. The third-order valence-corrected chi connectivity index (χ3v) is 5.39. The highest BCUT2D eigenvalue weighted by Gasteiger charge is 2.18. The van der Waals surface area contributed by atoms with Gasteiger partial charge < -0.3 is 10.3 Å². The minimum Gasteiger partial charge on any atom is -0.364 e. The van der Waals surface area contributed by atoms with Crippen molar-refractivity contribution in [1.82, 2.24) is 34.9 Å². The molecule has 0 atom stereocenters. The van der Waals surface area contributed by atoms with Gasteiger partial charge in [-0.2, -0.15) is 0 Å². The molecule has 1 aromatic carbocycles. The number of aromatic amines is 1. The van der Waals surface area contributed by atoms with Crippen molar-refractivity contribution in [2.24, 2.45) is 0 Å². The van der Waals surface area contributed by atoms with Crippen molar-refractivity contribution >= 4 is 39.5 Å². The minimum atomic E-state index is 0.216. The molecule has 0 unspecified atom stereocenters. The molecule has 154 valence electrons. The SMILES string of the molecule is CC(C)c1ncncc1-c1nc2c(Cl)cccc2cc1CNc1ncnc2[nH]cnc12. The number of benzene rings is 1. The average molecular weight is 431 g/mol. The molecule has 0 spiro atoms. The second kappa shape index (κ2) is 7.88. The second-order valence-electron chi connectivity index (χ2n) is 7.46. The van der Waals surface area contributed by atoms with Gasteiger partial charge in [-0.25, -0.2) is 29.9 Å². The molecule has 0 fully saturated rings. The number of aromatic nitrogens is 7. The first-order chi connectivity index (χ1) is 15.1. The van der Waals surface area contributed by atoms with Crippen LogP contribution in [0.1, 0.15) is 31.0 Å². The third kappa shape index (κ3) is 3.55. The molecular formula is C22H19ClN8. The molecule has 4 aromatic heterocycles. The summed E-state index contributed by atoms with van der Waals surface area (Å²) in [6, 6.07) is 7.87. The van der Waals surface area contributed by atoms with Gasteiger partial charge in [0.2, 0.25) is 0 Å². The number of hydrogen-bond donors (Lipinski definition) is 2. The van der Waals surface area contributed by atoms with Crippen LogP contribution in [0.5, 0.6) is 0 Å². The maximum Gasteiger partial charge on any atom is 0.162 e. The van der Waals surface area contributed by atoms with Gasteiger partial charge in [0.15, 0.2) is 11.5 Å². The Morgan fingerprint density at radius 2 is 1.97 bits per heavy atom. The number of pyridine rings is 1. The lowest BCUT2D eigenvalue weighted by molar-refractivity contribution is 0.815. The Bertz CT molecular complexity index is 1400. The van der Waals surface area contributed by atoms with E-state index in [0.717, 1.165) is 33.4 Å². The fourth-order valence-corrected chi connectivity index (χ4v) is 3.85. The summed E-state index contributed by atoms with van der Waals surface area (Å²) in [4.78, 5) is 29.6. The van der Waals surface area contributed by atoms with E-state index in [1.54, 1.807) is 12.7 Å². The number of H-pyrrole nitrogens is 1. The second-order valence-corrected chi connectivity index (χ2v) is 7.87. The molecule has 0 radical (unpaired) electrons. The molecular weight excluding hydrogens is 412 g/mol. The van der Waals surface area contributed by atoms with Gasteiger partial charge in [-0.1, -0.05) is 37.6 Å². The molecule has 9 heteroatoms. The molecule has 8 nitrogen and oxygen atoms in total. The molecule has 0 amide bonds. The van der Waals surface area contributed by atoms with Crippen LogP contribution in [-0.2, 0) is 6.54 Å². The van der Waals surface area contributed by atoms with E-state index < -0.39 is 0 Å². The van der Waals surface area contributed by atoms with E-state index in [0.29, 0.717) is 28.5 Å². The molecule has 0 saturated carbocycles. The van der Waals surface area contributed by atoms with Gasteiger partial charge in [0.25, 0.3) is 0 Å². The van der Waals surface area contributed by atoms with Crippen molar-refractivity contribution in [2.45, 2.75) is 26.3 Å². The zero-order chi connectivity index (χ0) is 21.4. The van der Waals surface area contributed by atoms with E-state index in [2.05, 4.69) is 55.1 Å². The van der Waals surface area contributed by atoms with Crippen LogP contribution in [0, 0.1) is 0 Å². The fourth-order valence-electron chi connectivity index (χ4n) is 3.63. The standard InChI is InChI=1S/C22H19ClN8/c1-12(2)17-15(8-24-9-26-17)18-14(6-13-4-3-5-16(23)19(13)31-18)7-25-21-20-22(28-10-27-20)30-11-29-21/h3-6,8-12H,7H2,1-2H3,(H2,25,27,28,29,30). The summed E-state index contributed by atoms with van der Waals surface area (Å²) >= 11 is 6.46. The van der Waals surface area contributed by atoms with Crippen LogP contribution in [0.15, 0.2) is 49.4 Å². The van der Waals surface area contributed by atoms with E-state index in [9.17, 15) is 0 Å². The van der Waals surface area contributed by atoms with Gasteiger partial charge in [0.1, 0.15) is 18.2 Å². The highest BCUT2D eigenvalue weighted by atomic mass is 35.5. The van der Waals surface area contributed by atoms with Crippen molar-refractivity contribution in [3.63, 3.8) is 0 Å². The average Bonchev–Trinajstić information content (AvgIpc) is 3.27. The van der Waals surface area contributed by atoms with E-state index in [4.69, 9.17) is 16.6 Å². The van der Waals surface area contributed by atoms with Gasteiger partial charge >= 0.3 is 0 Å². The first-order valence-electron chi connectivity index (χ1n) is 9.88. The lowest BCUT2D eigenvalue weighted by Gasteiger charge is -2.16. The topological polar surface area (TPSA) is 105 Å². The van der Waals surface area contributed by atoms with Gasteiger partial charge in [-0.05, 0) is 23.6 Å². The Morgan fingerprint density at radius 3 is 2.84 bits per heavy atom. The van der Waals surface area contributed by atoms with Crippen molar-refractivity contribution in [3.05, 3.63) is 65.7 Å². The number of nitrogens with one attached hydrogen (secondary N) is 2. The lowest BCUT2D eigenvalue weighted by atomic mass is 9.98. The lowest BCUT2D eigenvalue weighted by Crippen LogP contribution is -2.07. The maximum atomic E-state index is 6.46. The Labute approximate surface area is 183 Å². The largest absolute Gasteiger partial charge is 0.364 e. The number of halogens is 1. The smallest absolute Gasteiger partial charge is 0.162 e. The molecule has 4 heterocycles. The van der Waals surface area contributed by atoms with Crippen molar-refractivity contribution < 1.29 is 0 Å². The number of hydrogen-bond acceptors (Lipinski definition) is 7. The first kappa shape index (κ1) is 19.3. The van der Waals surface area contributed by atoms with E-state index in [1.165, 1.54) is 6.33 Å². The summed E-state index contributed by atoms with van der Waals surface area (Å²) in [6.45, 7) is 4.69. The predicted molar refractivity (Wildman–Crippen MR) is 121 cm³/mol. The van der Waals surface area contributed by atoms with Crippen molar-refractivity contribution in [1.29, 1.82) is 0 Å². The minimum absolute atomic E-state index is 0.216. The zero-order valence-electron chi connectivity index (χ0n) is 17.0. The van der Waals surface area contributed by atoms with Crippen LogP contribution in [0.3, 0.4) is 0 Å². The van der Waals surface area contributed by atoms with Crippen LogP contribution in [0.2, 0.25) is 5.02 Å². The molecule has 0 saturated heterocycles. The van der Waals surface area contributed by atoms with E-state index in [-0.39, 0.29) is 5.92 Å². The van der Waals surface area contributed by atoms with Crippen LogP contribution in [0.25, 0.3) is 33.3 Å². The summed E-state index contributed by atoms with van der Waals surface area (Å²) in [5, 5.41) is 4.95. The summed E-state index contributed by atoms with van der Waals surface area (Å²) in [5.41, 5.74) is 5.72. The monoisotopic (exact) mass is 430 g/mol. The predicted octanol–water partition coefficient (Wildman–Crippen LogP) is 4.75. The molecule has 0 aliphatic carbocycles. The Balaban J connectivity index is 1.64. The zero-order valence-corrected chi connectivity index (χ0v) is 17.7. The van der Waals surface area contributed by atoms with Gasteiger partial charge in [-0.3, -0.25) is 0 Å². The number of imidazole rings is 1.